The van der Waals surface area contributed by atoms with Crippen LogP contribution < -0.4 is 10.6 Å². The molecule has 1 atom stereocenters. The normalized spacial score (nSPS) is 16.1. The summed E-state index contributed by atoms with van der Waals surface area (Å²) in [7, 11) is 1.37. The van der Waals surface area contributed by atoms with Gasteiger partial charge in [-0.15, -0.1) is 10.2 Å². The van der Waals surface area contributed by atoms with Crippen molar-refractivity contribution in [3.05, 3.63) is 41.2 Å². The van der Waals surface area contributed by atoms with Gasteiger partial charge in [0.25, 0.3) is 12.2 Å². The molecule has 3 heterocycles. The van der Waals surface area contributed by atoms with Gasteiger partial charge in [0.05, 0.1) is 25.3 Å². The van der Waals surface area contributed by atoms with E-state index in [0.29, 0.717) is 17.4 Å². The molecule has 1 amide bonds. The number of carbonyl (C=O) groups excluding carboxylic acids is 1. The lowest BCUT2D eigenvalue weighted by molar-refractivity contribution is -0.124. The van der Waals surface area contributed by atoms with Gasteiger partial charge in [0.1, 0.15) is 0 Å². The van der Waals surface area contributed by atoms with Crippen molar-refractivity contribution in [2.24, 2.45) is 0 Å². The monoisotopic (exact) mass is 403 g/mol. The summed E-state index contributed by atoms with van der Waals surface area (Å²) in [6, 6.07) is 3.82. The van der Waals surface area contributed by atoms with Gasteiger partial charge >= 0.3 is 0 Å². The van der Waals surface area contributed by atoms with E-state index in [9.17, 15) is 9.90 Å². The third-order valence-corrected chi connectivity index (χ3v) is 4.46. The first-order chi connectivity index (χ1) is 13.5. The highest BCUT2D eigenvalue weighted by molar-refractivity contribution is 7.17. The smallest absolute Gasteiger partial charge is 0.292 e. The summed E-state index contributed by atoms with van der Waals surface area (Å²) in [5, 5.41) is 37.0. The highest BCUT2D eigenvalue weighted by Gasteiger charge is 2.28. The van der Waals surface area contributed by atoms with Gasteiger partial charge in [-0.3, -0.25) is 10.1 Å². The lowest BCUT2D eigenvalue weighted by atomic mass is 10.2. The Labute approximate surface area is 163 Å². The van der Waals surface area contributed by atoms with Crippen LogP contribution in [0, 0.1) is 18.3 Å². The minimum absolute atomic E-state index is 0.113. The molecule has 1 aliphatic heterocycles. The van der Waals surface area contributed by atoms with Gasteiger partial charge in [-0.05, 0) is 13.0 Å². The van der Waals surface area contributed by atoms with Crippen LogP contribution in [0.1, 0.15) is 12.1 Å². The number of amides is 1. The van der Waals surface area contributed by atoms with E-state index < -0.39 is 12.2 Å². The molecule has 0 radical (unpaired) electrons. The molecule has 2 aromatic heterocycles. The summed E-state index contributed by atoms with van der Waals surface area (Å²) in [6.45, 7) is 2.19. The van der Waals surface area contributed by atoms with E-state index in [-0.39, 0.29) is 23.1 Å². The van der Waals surface area contributed by atoms with Gasteiger partial charge in [-0.25, -0.2) is 4.68 Å². The molecule has 0 spiro atoms. The van der Waals surface area contributed by atoms with Crippen LogP contribution in [0.3, 0.4) is 0 Å². The number of aliphatic hydroxyl groups is 1. The molecule has 3 N–H and O–H groups in total. The van der Waals surface area contributed by atoms with Gasteiger partial charge in [0, 0.05) is 24.5 Å². The number of aliphatic hydroxyl groups excluding tert-OH is 1. The molecular formula is C16H17N7O4S. The Balaban J connectivity index is 1.75. The van der Waals surface area contributed by atoms with Crippen LogP contribution in [-0.2, 0) is 14.3 Å². The van der Waals surface area contributed by atoms with Gasteiger partial charge in [-0.2, -0.15) is 10.4 Å². The van der Waals surface area contributed by atoms with Crippen LogP contribution in [0.4, 0.5) is 5.13 Å². The van der Waals surface area contributed by atoms with Crippen molar-refractivity contribution < 1.29 is 19.4 Å². The van der Waals surface area contributed by atoms with Crippen molar-refractivity contribution in [3.63, 3.8) is 0 Å². The number of nitrogens with one attached hydrogen (secondary N) is 2. The number of hydrogen-bond acceptors (Lipinski definition) is 10. The molecule has 11 nitrogen and oxygen atoms in total. The first kappa shape index (κ1) is 19.3. The van der Waals surface area contributed by atoms with E-state index in [1.54, 1.807) is 10.9 Å². The molecule has 0 fully saturated rings. The maximum Gasteiger partial charge on any atom is 0.292 e. The highest BCUT2D eigenvalue weighted by atomic mass is 32.1. The van der Waals surface area contributed by atoms with Crippen molar-refractivity contribution in [1.82, 2.24) is 25.3 Å². The maximum absolute atomic E-state index is 12.5. The van der Waals surface area contributed by atoms with E-state index >= 15 is 0 Å². The number of aromatic nitrogens is 4. The summed E-state index contributed by atoms with van der Waals surface area (Å²) >= 11 is 1.13. The Kier molecular flexibility index (Phi) is 5.87. The van der Waals surface area contributed by atoms with Crippen LogP contribution in [-0.4, -0.2) is 50.9 Å². The molecule has 0 aliphatic carbocycles. The van der Waals surface area contributed by atoms with E-state index in [1.807, 2.05) is 19.1 Å². The first-order valence-electron chi connectivity index (χ1n) is 8.14. The Morgan fingerprint density at radius 3 is 3.04 bits per heavy atom. The number of methoxy groups -OCH3 is 1. The molecular weight excluding hydrogens is 386 g/mol. The second-order valence-corrected chi connectivity index (χ2v) is 6.48. The van der Waals surface area contributed by atoms with Crippen molar-refractivity contribution in [3.8, 4) is 11.2 Å². The molecule has 28 heavy (non-hydrogen) atoms. The summed E-state index contributed by atoms with van der Waals surface area (Å²) in [5.41, 5.74) is 1.23. The number of aryl methyl sites for hydroxylation is 1. The maximum atomic E-state index is 12.5. The quantitative estimate of drug-likeness (QED) is 0.564. The average molecular weight is 403 g/mol. The van der Waals surface area contributed by atoms with Crippen LogP contribution in [0.15, 0.2) is 35.6 Å². The lowest BCUT2D eigenvalue weighted by Crippen LogP contribution is -2.31. The van der Waals surface area contributed by atoms with Gasteiger partial charge in [0.15, 0.2) is 11.5 Å². The fraction of sp³-hybridized carbons (Fsp3) is 0.312. The highest BCUT2D eigenvalue weighted by Crippen LogP contribution is 2.24. The lowest BCUT2D eigenvalue weighted by Gasteiger charge is -2.24. The van der Waals surface area contributed by atoms with Gasteiger partial charge in [0.2, 0.25) is 10.3 Å². The van der Waals surface area contributed by atoms with Crippen LogP contribution in [0.2, 0.25) is 0 Å². The third-order valence-electron chi connectivity index (χ3n) is 3.65. The van der Waals surface area contributed by atoms with Crippen molar-refractivity contribution in [1.29, 1.82) is 5.26 Å². The number of nitrogens with zero attached hydrogens (tertiary/aromatic N) is 5. The fourth-order valence-electron chi connectivity index (χ4n) is 2.34. The molecule has 1 aliphatic rings. The summed E-state index contributed by atoms with van der Waals surface area (Å²) < 4.78 is 11.9. The van der Waals surface area contributed by atoms with Gasteiger partial charge in [-0.1, -0.05) is 11.3 Å². The number of hydrogen-bond donors (Lipinski definition) is 3. The molecule has 12 heteroatoms. The fourth-order valence-corrected chi connectivity index (χ4v) is 3.10. The van der Waals surface area contributed by atoms with E-state index in [0.717, 1.165) is 17.0 Å². The second-order valence-electron chi connectivity index (χ2n) is 5.52. The topological polar surface area (TPSA) is 147 Å². The molecule has 1 unspecified atom stereocenters. The summed E-state index contributed by atoms with van der Waals surface area (Å²) in [4.78, 5) is 12.5. The first-order valence-corrected chi connectivity index (χ1v) is 8.96. The third kappa shape index (κ3) is 4.11. The van der Waals surface area contributed by atoms with E-state index in [4.69, 9.17) is 14.7 Å². The Bertz CT molecular complexity index is 972. The van der Waals surface area contributed by atoms with Crippen molar-refractivity contribution in [2.45, 2.75) is 19.6 Å². The standard InChI is InChI=1S/C16H17N7O4S/c1-9-4-7-19-23(9)16-22-21-15(28-16)20-13(24)11-8-10(18-6-3-5-17)12(26-2)14(25)27-11/h4,7-8,14,18,25H,3,6H2,1-2H3,(H,20,21,24). The minimum atomic E-state index is -1.46. The molecule has 3 rings (SSSR count). The van der Waals surface area contributed by atoms with Crippen molar-refractivity contribution in [2.75, 3.05) is 19.0 Å². The molecule has 146 valence electrons. The predicted octanol–water partition coefficient (Wildman–Crippen LogP) is 0.564. The molecule has 0 saturated carbocycles. The summed E-state index contributed by atoms with van der Waals surface area (Å²) in [5.74, 6) is -0.643. The molecule has 0 saturated heterocycles. The predicted molar refractivity (Wildman–Crippen MR) is 97.8 cm³/mol. The van der Waals surface area contributed by atoms with Crippen molar-refractivity contribution >= 4 is 22.4 Å². The molecule has 2 aromatic rings. The zero-order valence-electron chi connectivity index (χ0n) is 15.0. The summed E-state index contributed by atoms with van der Waals surface area (Å²) in [6.07, 6.45) is 1.81. The van der Waals surface area contributed by atoms with Gasteiger partial charge < -0.3 is 19.9 Å². The number of anilines is 1. The van der Waals surface area contributed by atoms with Crippen LogP contribution >= 0.6 is 11.3 Å². The number of allylic oxidation sites excluding steroid dienone is 1. The zero-order chi connectivity index (χ0) is 20.1. The zero-order valence-corrected chi connectivity index (χ0v) is 15.9. The van der Waals surface area contributed by atoms with E-state index in [1.165, 1.54) is 13.2 Å². The van der Waals surface area contributed by atoms with Crippen LogP contribution in [0.5, 0.6) is 0 Å². The number of carbonyl (C=O) groups is 1. The molecule has 0 aromatic carbocycles. The largest absolute Gasteiger partial charge is 0.493 e. The number of ether oxygens (including phenoxy) is 2. The Morgan fingerprint density at radius 1 is 1.54 bits per heavy atom. The Morgan fingerprint density at radius 2 is 2.36 bits per heavy atom. The SMILES string of the molecule is COC1=C(NCCC#N)C=C(C(=O)Nc2nnc(-n3nccc3C)s2)OC1O. The van der Waals surface area contributed by atoms with Crippen LogP contribution in [0.25, 0.3) is 5.13 Å². The number of nitriles is 1. The minimum Gasteiger partial charge on any atom is -0.493 e. The second kappa shape index (κ2) is 8.51. The number of rotatable bonds is 7. The Hall–Kier alpha value is -3.43. The average Bonchev–Trinajstić information content (AvgIpc) is 3.30. The molecule has 0 bridgehead atoms. The van der Waals surface area contributed by atoms with E-state index in [2.05, 4.69) is 25.9 Å².